The van der Waals surface area contributed by atoms with Crippen LogP contribution in [0.3, 0.4) is 0 Å². The highest BCUT2D eigenvalue weighted by Gasteiger charge is 2.15. The van der Waals surface area contributed by atoms with Crippen molar-refractivity contribution in [1.29, 1.82) is 0 Å². The van der Waals surface area contributed by atoms with Gasteiger partial charge in [0.1, 0.15) is 11.5 Å². The molecule has 0 spiro atoms. The van der Waals surface area contributed by atoms with Crippen molar-refractivity contribution in [2.45, 2.75) is 19.6 Å². The summed E-state index contributed by atoms with van der Waals surface area (Å²) in [7, 11) is 1.52. The maximum absolute atomic E-state index is 12.4. The maximum Gasteiger partial charge on any atom is 0.387 e. The summed E-state index contributed by atoms with van der Waals surface area (Å²) in [6.07, 6.45) is 0. The molecule has 0 aliphatic rings. The van der Waals surface area contributed by atoms with Crippen molar-refractivity contribution < 1.29 is 23.0 Å². The van der Waals surface area contributed by atoms with Gasteiger partial charge in [-0.15, -0.1) is 0 Å². The second-order valence-corrected chi connectivity index (χ2v) is 5.84. The molecule has 128 valence electrons. The standard InChI is InChI=1S/C17H16BrF2NO3/c1-10(11-3-5-12(6-4-11)24-17(19)20)21-16(22)14-9-13(23-2)7-8-15(14)18/h3-10,17H,1-2H3,(H,21,22). The van der Waals surface area contributed by atoms with Crippen molar-refractivity contribution in [2.75, 3.05) is 7.11 Å². The first-order valence-electron chi connectivity index (χ1n) is 7.10. The highest BCUT2D eigenvalue weighted by Crippen LogP contribution is 2.24. The van der Waals surface area contributed by atoms with E-state index in [-0.39, 0.29) is 17.7 Å². The summed E-state index contributed by atoms with van der Waals surface area (Å²) in [6.45, 7) is -1.06. The van der Waals surface area contributed by atoms with Crippen LogP contribution in [-0.2, 0) is 0 Å². The molecule has 1 atom stereocenters. The summed E-state index contributed by atoms with van der Waals surface area (Å²) >= 11 is 3.33. The molecule has 0 fully saturated rings. The molecule has 0 aliphatic heterocycles. The van der Waals surface area contributed by atoms with Crippen LogP contribution < -0.4 is 14.8 Å². The average Bonchev–Trinajstić information content (AvgIpc) is 2.55. The predicted octanol–water partition coefficient (Wildman–Crippen LogP) is 4.55. The predicted molar refractivity (Wildman–Crippen MR) is 89.6 cm³/mol. The highest BCUT2D eigenvalue weighted by atomic mass is 79.9. The van der Waals surface area contributed by atoms with Crippen LogP contribution in [0.4, 0.5) is 8.78 Å². The van der Waals surface area contributed by atoms with E-state index < -0.39 is 6.61 Å². The van der Waals surface area contributed by atoms with Gasteiger partial charge in [-0.05, 0) is 58.7 Å². The Balaban J connectivity index is 2.08. The second kappa shape index (κ2) is 8.10. The molecular weight excluding hydrogens is 384 g/mol. The van der Waals surface area contributed by atoms with Gasteiger partial charge in [0, 0.05) is 4.47 Å². The van der Waals surface area contributed by atoms with E-state index >= 15 is 0 Å². The lowest BCUT2D eigenvalue weighted by Gasteiger charge is -2.16. The van der Waals surface area contributed by atoms with Crippen LogP contribution >= 0.6 is 15.9 Å². The third-order valence-corrected chi connectivity index (χ3v) is 4.06. The van der Waals surface area contributed by atoms with Crippen molar-refractivity contribution in [1.82, 2.24) is 5.32 Å². The van der Waals surface area contributed by atoms with Crippen LogP contribution in [0.5, 0.6) is 11.5 Å². The number of rotatable bonds is 6. The molecule has 0 saturated carbocycles. The largest absolute Gasteiger partial charge is 0.497 e. The van der Waals surface area contributed by atoms with Gasteiger partial charge in [-0.2, -0.15) is 8.78 Å². The van der Waals surface area contributed by atoms with E-state index in [4.69, 9.17) is 4.74 Å². The first-order valence-corrected chi connectivity index (χ1v) is 7.89. The van der Waals surface area contributed by atoms with Crippen molar-refractivity contribution in [2.24, 2.45) is 0 Å². The van der Waals surface area contributed by atoms with Gasteiger partial charge in [0.25, 0.3) is 5.91 Å². The molecule has 2 rings (SSSR count). The van der Waals surface area contributed by atoms with Crippen molar-refractivity contribution in [3.63, 3.8) is 0 Å². The zero-order valence-corrected chi connectivity index (χ0v) is 14.6. The van der Waals surface area contributed by atoms with Gasteiger partial charge in [-0.25, -0.2) is 0 Å². The molecule has 0 bridgehead atoms. The number of ether oxygens (including phenoxy) is 2. The van der Waals surface area contributed by atoms with Gasteiger partial charge in [0.05, 0.1) is 18.7 Å². The smallest absolute Gasteiger partial charge is 0.387 e. The number of hydrogen-bond donors (Lipinski definition) is 1. The molecule has 4 nitrogen and oxygen atoms in total. The molecule has 2 aromatic carbocycles. The average molecular weight is 400 g/mol. The number of hydrogen-bond acceptors (Lipinski definition) is 3. The first kappa shape index (κ1) is 18.2. The summed E-state index contributed by atoms with van der Waals surface area (Å²) in [6, 6.07) is 10.9. The Bertz CT molecular complexity index is 707. The van der Waals surface area contributed by atoms with E-state index in [2.05, 4.69) is 26.0 Å². The summed E-state index contributed by atoms with van der Waals surface area (Å²) in [5.74, 6) is 0.369. The van der Waals surface area contributed by atoms with Crippen molar-refractivity contribution in [3.8, 4) is 11.5 Å². The van der Waals surface area contributed by atoms with Crippen LogP contribution in [0.15, 0.2) is 46.9 Å². The molecule has 7 heteroatoms. The number of alkyl halides is 2. The fourth-order valence-corrected chi connectivity index (χ4v) is 2.53. The van der Waals surface area contributed by atoms with Gasteiger partial charge < -0.3 is 14.8 Å². The number of methoxy groups -OCH3 is 1. The zero-order valence-electron chi connectivity index (χ0n) is 13.1. The Hall–Kier alpha value is -2.15. The number of amides is 1. The minimum atomic E-state index is -2.86. The monoisotopic (exact) mass is 399 g/mol. The summed E-state index contributed by atoms with van der Waals surface area (Å²) in [4.78, 5) is 12.4. The summed E-state index contributed by atoms with van der Waals surface area (Å²) in [5.41, 5.74) is 1.21. The molecule has 0 aliphatic carbocycles. The third-order valence-electron chi connectivity index (χ3n) is 3.37. The fourth-order valence-electron chi connectivity index (χ4n) is 2.10. The number of carbonyl (C=O) groups is 1. The Labute approximate surface area is 146 Å². The van der Waals surface area contributed by atoms with Crippen molar-refractivity contribution in [3.05, 3.63) is 58.1 Å². The van der Waals surface area contributed by atoms with E-state index in [0.717, 1.165) is 5.56 Å². The van der Waals surface area contributed by atoms with Crippen LogP contribution in [-0.4, -0.2) is 19.6 Å². The lowest BCUT2D eigenvalue weighted by molar-refractivity contribution is -0.0498. The van der Waals surface area contributed by atoms with Gasteiger partial charge in [-0.3, -0.25) is 4.79 Å². The maximum atomic E-state index is 12.4. The van der Waals surface area contributed by atoms with Gasteiger partial charge in [-0.1, -0.05) is 12.1 Å². The van der Waals surface area contributed by atoms with E-state index in [1.165, 1.54) is 19.2 Å². The molecule has 2 aromatic rings. The van der Waals surface area contributed by atoms with Gasteiger partial charge in [0.15, 0.2) is 0 Å². The quantitative estimate of drug-likeness (QED) is 0.774. The lowest BCUT2D eigenvalue weighted by Crippen LogP contribution is -2.27. The Morgan fingerprint density at radius 3 is 2.33 bits per heavy atom. The molecule has 0 aromatic heterocycles. The Kier molecular flexibility index (Phi) is 6.14. The van der Waals surface area contributed by atoms with Crippen LogP contribution in [0.2, 0.25) is 0 Å². The molecule has 0 heterocycles. The SMILES string of the molecule is COc1ccc(Br)c(C(=O)NC(C)c2ccc(OC(F)F)cc2)c1. The molecule has 24 heavy (non-hydrogen) atoms. The van der Waals surface area contributed by atoms with Crippen LogP contribution in [0.25, 0.3) is 0 Å². The summed E-state index contributed by atoms with van der Waals surface area (Å²) in [5, 5.41) is 2.85. The van der Waals surface area contributed by atoms with Crippen molar-refractivity contribution >= 4 is 21.8 Å². The van der Waals surface area contributed by atoms with Gasteiger partial charge in [0.2, 0.25) is 0 Å². The topological polar surface area (TPSA) is 47.6 Å². The number of benzene rings is 2. The number of carbonyl (C=O) groups excluding carboxylic acids is 1. The Morgan fingerprint density at radius 1 is 1.12 bits per heavy atom. The minimum Gasteiger partial charge on any atom is -0.497 e. The van der Waals surface area contributed by atoms with E-state index in [9.17, 15) is 13.6 Å². The fraction of sp³-hybridized carbons (Fsp3) is 0.235. The molecule has 1 unspecified atom stereocenters. The molecule has 1 amide bonds. The van der Waals surface area contributed by atoms with E-state index in [0.29, 0.717) is 15.8 Å². The van der Waals surface area contributed by atoms with Gasteiger partial charge >= 0.3 is 6.61 Å². The first-order chi connectivity index (χ1) is 11.4. The number of halogens is 3. The highest BCUT2D eigenvalue weighted by molar-refractivity contribution is 9.10. The molecular formula is C17H16BrF2NO3. The van der Waals surface area contributed by atoms with Crippen LogP contribution in [0.1, 0.15) is 28.9 Å². The molecule has 0 saturated heterocycles. The normalized spacial score (nSPS) is 11.9. The third kappa shape index (κ3) is 4.67. The van der Waals surface area contributed by atoms with Crippen LogP contribution in [0, 0.1) is 0 Å². The van der Waals surface area contributed by atoms with E-state index in [1.807, 2.05) is 0 Å². The molecule has 0 radical (unpaired) electrons. The van der Waals surface area contributed by atoms with E-state index in [1.54, 1.807) is 37.3 Å². The zero-order chi connectivity index (χ0) is 17.7. The lowest BCUT2D eigenvalue weighted by atomic mass is 10.1. The second-order valence-electron chi connectivity index (χ2n) is 4.99. The number of nitrogens with one attached hydrogen (secondary N) is 1. The molecule has 1 N–H and O–H groups in total. The minimum absolute atomic E-state index is 0.0721. The summed E-state index contributed by atoms with van der Waals surface area (Å²) < 4.78 is 34.4. The Morgan fingerprint density at radius 2 is 1.75 bits per heavy atom.